The molecule has 0 heterocycles. The summed E-state index contributed by atoms with van der Waals surface area (Å²) in [6.45, 7) is 7.34. The van der Waals surface area contributed by atoms with Crippen LogP contribution in [0.5, 0.6) is 0 Å². The smallest absolute Gasteiger partial charge is 0.328 e. The van der Waals surface area contributed by atoms with E-state index in [-0.39, 0.29) is 24.9 Å². The molecule has 0 spiro atoms. The molecule has 0 rings (SSSR count). The molecule has 2 N–H and O–H groups in total. The summed E-state index contributed by atoms with van der Waals surface area (Å²) < 4.78 is 10.3. The van der Waals surface area contributed by atoms with Crippen molar-refractivity contribution in [1.82, 2.24) is 5.32 Å². The summed E-state index contributed by atoms with van der Waals surface area (Å²) >= 11 is 0. The minimum absolute atomic E-state index is 0.0104. The quantitative estimate of drug-likeness (QED) is 0.441. The first kappa shape index (κ1) is 21.2. The zero-order valence-corrected chi connectivity index (χ0v) is 14.5. The molecule has 0 bridgehead atoms. The maximum atomic E-state index is 12.3. The van der Waals surface area contributed by atoms with Crippen molar-refractivity contribution >= 4 is 23.9 Å². The number of esters is 1. The molecule has 0 aliphatic heterocycles. The van der Waals surface area contributed by atoms with Crippen LogP contribution in [-0.2, 0) is 23.9 Å². The zero-order valence-electron chi connectivity index (χ0n) is 14.5. The number of ether oxygens (including phenoxy) is 2. The number of ketones is 1. The molecule has 23 heavy (non-hydrogen) atoms. The van der Waals surface area contributed by atoms with E-state index in [0.717, 1.165) is 0 Å². The largest absolute Gasteiger partial charge is 0.461 e. The third-order valence-corrected chi connectivity index (χ3v) is 3.06. The number of hydrogen-bond donors (Lipinski definition) is 2. The van der Waals surface area contributed by atoms with E-state index in [1.165, 1.54) is 7.11 Å². The fourth-order valence-electron chi connectivity index (χ4n) is 1.93. The van der Waals surface area contributed by atoms with E-state index in [0.29, 0.717) is 12.6 Å². The molecule has 0 aliphatic carbocycles. The lowest BCUT2D eigenvalue weighted by Crippen LogP contribution is -2.47. The van der Waals surface area contributed by atoms with Crippen LogP contribution in [0.2, 0.25) is 0 Å². The molecule has 1 amide bonds. The number of hydrogen-bond acceptors (Lipinski definition) is 6. The van der Waals surface area contributed by atoms with Crippen LogP contribution in [0.1, 0.15) is 47.0 Å². The summed E-state index contributed by atoms with van der Waals surface area (Å²) in [6, 6.07) is -0.932. The van der Waals surface area contributed by atoms with Gasteiger partial charge in [-0.1, -0.05) is 13.8 Å². The molecule has 0 radical (unpaired) electrons. The Hall–Kier alpha value is -1.76. The highest BCUT2D eigenvalue weighted by molar-refractivity contribution is 6.26. The number of carbonyl (C=O) groups is 3. The first-order valence-corrected chi connectivity index (χ1v) is 7.78. The Bertz CT molecular complexity index is 421. The molecule has 0 saturated heterocycles. The first-order valence-electron chi connectivity index (χ1n) is 7.78. The van der Waals surface area contributed by atoms with Gasteiger partial charge in [0.15, 0.2) is 5.78 Å². The Morgan fingerprint density at radius 1 is 1.17 bits per heavy atom. The maximum Gasteiger partial charge on any atom is 0.328 e. The van der Waals surface area contributed by atoms with Gasteiger partial charge in [0.2, 0.25) is 5.91 Å². The van der Waals surface area contributed by atoms with Crippen LogP contribution < -0.4 is 5.32 Å². The van der Waals surface area contributed by atoms with Gasteiger partial charge in [-0.15, -0.1) is 0 Å². The monoisotopic (exact) mass is 328 g/mol. The first-order chi connectivity index (χ1) is 10.7. The van der Waals surface area contributed by atoms with Gasteiger partial charge in [-0.3, -0.25) is 9.59 Å². The Labute approximate surface area is 137 Å². The number of methoxy groups -OCH3 is 1. The molecule has 0 aromatic rings. The van der Waals surface area contributed by atoms with Crippen LogP contribution in [0, 0.1) is 11.3 Å². The van der Waals surface area contributed by atoms with E-state index in [4.69, 9.17) is 14.9 Å². The van der Waals surface area contributed by atoms with Crippen LogP contribution in [0.3, 0.4) is 0 Å². The lowest BCUT2D eigenvalue weighted by molar-refractivity contribution is -0.152. The second-order valence-corrected chi connectivity index (χ2v) is 6.05. The zero-order chi connectivity index (χ0) is 18.0. The molecule has 0 saturated carbocycles. The van der Waals surface area contributed by atoms with E-state index in [2.05, 4.69) is 5.32 Å². The van der Waals surface area contributed by atoms with E-state index in [9.17, 15) is 14.4 Å². The second kappa shape index (κ2) is 10.9. The highest BCUT2D eigenvalue weighted by atomic mass is 16.5. The van der Waals surface area contributed by atoms with Gasteiger partial charge in [0.1, 0.15) is 12.1 Å². The Kier molecular flexibility index (Phi) is 10.0. The van der Waals surface area contributed by atoms with E-state index >= 15 is 0 Å². The van der Waals surface area contributed by atoms with Crippen LogP contribution in [0.25, 0.3) is 0 Å². The second-order valence-electron chi connectivity index (χ2n) is 6.05. The fraction of sp³-hybridized carbons (Fsp3) is 0.750. The molecule has 0 unspecified atom stereocenters. The summed E-state index contributed by atoms with van der Waals surface area (Å²) in [5.74, 6) is -1.15. The third-order valence-electron chi connectivity index (χ3n) is 3.06. The van der Waals surface area contributed by atoms with Crippen molar-refractivity contribution in [3.05, 3.63) is 0 Å². The van der Waals surface area contributed by atoms with Crippen molar-refractivity contribution < 1.29 is 23.9 Å². The summed E-state index contributed by atoms with van der Waals surface area (Å²) in [4.78, 5) is 35.6. The van der Waals surface area contributed by atoms with Crippen molar-refractivity contribution in [2.24, 2.45) is 5.92 Å². The Morgan fingerprint density at radius 2 is 1.78 bits per heavy atom. The topological polar surface area (TPSA) is 106 Å². The van der Waals surface area contributed by atoms with Crippen LogP contribution in [0.4, 0.5) is 0 Å². The number of nitrogens with one attached hydrogen (secondary N) is 2. The number of amides is 1. The van der Waals surface area contributed by atoms with Crippen LogP contribution in [0.15, 0.2) is 0 Å². The number of rotatable bonds is 11. The molecule has 0 fully saturated rings. The molecule has 132 valence electrons. The highest BCUT2D eigenvalue weighted by Crippen LogP contribution is 2.10. The van der Waals surface area contributed by atoms with Crippen LogP contribution in [-0.4, -0.2) is 49.2 Å². The van der Waals surface area contributed by atoms with Gasteiger partial charge in [0.05, 0.1) is 12.3 Å². The molecule has 7 heteroatoms. The van der Waals surface area contributed by atoms with Gasteiger partial charge < -0.3 is 20.2 Å². The molecule has 0 aromatic heterocycles. The van der Waals surface area contributed by atoms with Crippen molar-refractivity contribution in [1.29, 1.82) is 5.41 Å². The van der Waals surface area contributed by atoms with Gasteiger partial charge in [-0.05, 0) is 32.6 Å². The molecule has 0 aromatic carbocycles. The van der Waals surface area contributed by atoms with E-state index in [1.54, 1.807) is 13.8 Å². The Balaban J connectivity index is 4.89. The van der Waals surface area contributed by atoms with Gasteiger partial charge in [0.25, 0.3) is 0 Å². The Morgan fingerprint density at radius 3 is 2.22 bits per heavy atom. The molecular formula is C16H28N2O5. The van der Waals surface area contributed by atoms with Crippen molar-refractivity contribution in [3.63, 3.8) is 0 Å². The van der Waals surface area contributed by atoms with Crippen molar-refractivity contribution in [3.8, 4) is 0 Å². The predicted octanol–water partition coefficient (Wildman–Crippen LogP) is 1.48. The van der Waals surface area contributed by atoms with Crippen LogP contribution >= 0.6 is 0 Å². The van der Waals surface area contributed by atoms with Gasteiger partial charge in [-0.25, -0.2) is 4.79 Å². The van der Waals surface area contributed by atoms with Gasteiger partial charge in [-0.2, -0.15) is 0 Å². The van der Waals surface area contributed by atoms with Gasteiger partial charge in [0, 0.05) is 13.5 Å². The highest BCUT2D eigenvalue weighted by Gasteiger charge is 2.27. The normalized spacial score (nSPS) is 13.5. The number of Topliss-reactive ketones (excluding diaryl/α,β-unsaturated/α-hetero) is 1. The molecule has 2 atom stereocenters. The molecule has 0 aliphatic rings. The summed E-state index contributed by atoms with van der Waals surface area (Å²) in [5, 5.41) is 9.48. The maximum absolute atomic E-state index is 12.3. The summed E-state index contributed by atoms with van der Waals surface area (Å²) in [7, 11) is 1.44. The molecule has 7 nitrogen and oxygen atoms in total. The fourth-order valence-corrected chi connectivity index (χ4v) is 1.93. The minimum atomic E-state index is -0.932. The minimum Gasteiger partial charge on any atom is -0.461 e. The summed E-state index contributed by atoms with van der Waals surface area (Å²) in [6.07, 6.45) is 0.307. The SMILES string of the molecule is CO[C@@H](CC(C)C)C(=O)N[C@@H](CCC(=O)C=N)C(=O)OC(C)C. The average Bonchev–Trinajstić information content (AvgIpc) is 2.47. The molecular weight excluding hydrogens is 300 g/mol. The third kappa shape index (κ3) is 9.07. The standard InChI is InChI=1S/C16H28N2O5/c1-10(2)8-14(22-5)15(20)18-13(7-6-12(19)9-17)16(21)23-11(3)4/h9-11,13-14,17H,6-8H2,1-5H3,(H,18,20)/t13-,14-/m0/s1. The van der Waals surface area contributed by atoms with E-state index < -0.39 is 29.8 Å². The number of carbonyl (C=O) groups excluding carboxylic acids is 3. The van der Waals surface area contributed by atoms with Crippen molar-refractivity contribution in [2.45, 2.75) is 65.2 Å². The van der Waals surface area contributed by atoms with Gasteiger partial charge >= 0.3 is 5.97 Å². The summed E-state index contributed by atoms with van der Waals surface area (Å²) in [5.41, 5.74) is 0. The average molecular weight is 328 g/mol. The van der Waals surface area contributed by atoms with E-state index in [1.807, 2.05) is 13.8 Å². The predicted molar refractivity (Wildman–Crippen MR) is 86.4 cm³/mol. The van der Waals surface area contributed by atoms with Crippen molar-refractivity contribution in [2.75, 3.05) is 7.11 Å². The lowest BCUT2D eigenvalue weighted by atomic mass is 10.0. The lowest BCUT2D eigenvalue weighted by Gasteiger charge is -2.22.